The maximum atomic E-state index is 2.57. The van der Waals surface area contributed by atoms with Gasteiger partial charge in [0.25, 0.3) is 0 Å². The summed E-state index contributed by atoms with van der Waals surface area (Å²) in [6.07, 6.45) is 0.936. The molecule has 12 aromatic rings. The van der Waals surface area contributed by atoms with Crippen molar-refractivity contribution in [1.29, 1.82) is 0 Å². The molecule has 1 atom stereocenters. The van der Waals surface area contributed by atoms with E-state index in [9.17, 15) is 0 Å². The summed E-state index contributed by atoms with van der Waals surface area (Å²) in [6.45, 7) is 0. The van der Waals surface area contributed by atoms with Crippen LogP contribution in [0.15, 0.2) is 279 Å². The molecule has 354 valence electrons. The van der Waals surface area contributed by atoms with Gasteiger partial charge in [0, 0.05) is 28.2 Å². The Hall–Kier alpha value is -9.76. The van der Waals surface area contributed by atoms with Gasteiger partial charge >= 0.3 is 0 Å². The van der Waals surface area contributed by atoms with Crippen LogP contribution in [0.1, 0.15) is 33.4 Å². The van der Waals surface area contributed by atoms with Gasteiger partial charge < -0.3 is 9.80 Å². The van der Waals surface area contributed by atoms with Crippen molar-refractivity contribution in [3.63, 3.8) is 0 Å². The highest BCUT2D eigenvalue weighted by Gasteiger charge is 2.51. The highest BCUT2D eigenvalue weighted by Crippen LogP contribution is 2.65. The van der Waals surface area contributed by atoms with Crippen molar-refractivity contribution in [3.8, 4) is 77.9 Å². The number of hydrogen-bond acceptors (Lipinski definition) is 2. The van der Waals surface area contributed by atoms with E-state index in [0.717, 1.165) is 40.5 Å². The molecular formula is C74H48N2. The summed E-state index contributed by atoms with van der Waals surface area (Å²) in [7, 11) is 0. The molecule has 2 heteroatoms. The lowest BCUT2D eigenvalue weighted by atomic mass is 9.65. The minimum atomic E-state index is -0.691. The fourth-order valence-corrected chi connectivity index (χ4v) is 13.8. The van der Waals surface area contributed by atoms with Gasteiger partial charge in [-0.15, -0.1) is 0 Å². The second kappa shape index (κ2) is 16.6. The number of anilines is 6. The lowest BCUT2D eigenvalue weighted by molar-refractivity contribution is 0.775. The number of benzene rings is 12. The van der Waals surface area contributed by atoms with Gasteiger partial charge in [0.05, 0.1) is 22.5 Å². The zero-order valence-corrected chi connectivity index (χ0v) is 41.7. The summed E-state index contributed by atoms with van der Waals surface area (Å²) in [5.41, 5.74) is 31.4. The first kappa shape index (κ1) is 42.7. The Bertz CT molecular complexity index is 4320. The largest absolute Gasteiger partial charge is 0.308 e. The van der Waals surface area contributed by atoms with Gasteiger partial charge in [-0.05, 0) is 155 Å². The van der Waals surface area contributed by atoms with E-state index in [-0.39, 0.29) is 0 Å². The molecule has 0 aromatic heterocycles. The molecular weight excluding hydrogens is 917 g/mol. The number of nitrogens with zero attached hydrogens (tertiary/aromatic N) is 2. The van der Waals surface area contributed by atoms with E-state index in [1.54, 1.807) is 0 Å². The molecule has 4 aliphatic rings. The molecule has 0 bridgehead atoms. The molecule has 0 saturated heterocycles. The molecule has 2 nitrogen and oxygen atoms in total. The SMILES string of the molecule is c1ccc(-c2ccc(N(c3ccc4c(c3)C3(c5ccccc5-c5ccccc5-4)c4ccccc4-c4c3ccc3c4-c4ccccc4C3)c3cccc4c3N(c3ccccc3)c3ccccc3-c3ccccc3-4)cc2)cc1. The van der Waals surface area contributed by atoms with Gasteiger partial charge in [-0.25, -0.2) is 0 Å². The number of hydrogen-bond donors (Lipinski definition) is 0. The predicted octanol–water partition coefficient (Wildman–Crippen LogP) is 19.5. The van der Waals surface area contributed by atoms with Crippen LogP contribution >= 0.6 is 0 Å². The minimum Gasteiger partial charge on any atom is -0.308 e. The molecule has 0 N–H and O–H groups in total. The Morgan fingerprint density at radius 3 is 1.57 bits per heavy atom. The van der Waals surface area contributed by atoms with E-state index in [1.807, 2.05) is 0 Å². The Morgan fingerprint density at radius 1 is 0.303 bits per heavy atom. The van der Waals surface area contributed by atoms with Gasteiger partial charge in [-0.2, -0.15) is 0 Å². The number of para-hydroxylation sites is 3. The number of fused-ring (bicyclic) bond motifs is 21. The standard InChI is InChI=1S/C74H48N2/c1-3-20-48(21-4-1)49-38-41-53(42-39-49)75(70-37-19-33-63-59-29-12-11-28-58(59)62-31-15-18-36-69(62)76(73(63)70)52-23-5-2-6-24-52)54-43-44-61-57-27-10-9-26-56(57)60-30-13-16-34-65(60)74(68(61)47-54)66-35-17-14-32-64(66)72-67(74)45-40-51-46-50-22-7-8-25-55(50)71(51)72/h1-45,47H,46H2. The van der Waals surface area contributed by atoms with Crippen LogP contribution in [0.4, 0.5) is 34.1 Å². The first-order valence-corrected chi connectivity index (χ1v) is 26.5. The van der Waals surface area contributed by atoms with Crippen molar-refractivity contribution in [2.24, 2.45) is 0 Å². The summed E-state index contributed by atoms with van der Waals surface area (Å²) >= 11 is 0. The van der Waals surface area contributed by atoms with Crippen molar-refractivity contribution in [3.05, 3.63) is 312 Å². The quantitative estimate of drug-likeness (QED) is 0.170. The van der Waals surface area contributed by atoms with E-state index in [1.165, 1.54) is 111 Å². The van der Waals surface area contributed by atoms with Crippen molar-refractivity contribution in [1.82, 2.24) is 0 Å². The summed E-state index contributed by atoms with van der Waals surface area (Å²) in [4.78, 5) is 5.04. The van der Waals surface area contributed by atoms with Gasteiger partial charge in [-0.1, -0.05) is 231 Å². The van der Waals surface area contributed by atoms with E-state index in [0.29, 0.717) is 0 Å². The highest BCUT2D eigenvalue weighted by atomic mass is 15.2. The van der Waals surface area contributed by atoms with Crippen molar-refractivity contribution in [2.75, 3.05) is 9.80 Å². The molecule has 0 radical (unpaired) electrons. The molecule has 0 amide bonds. The van der Waals surface area contributed by atoms with Crippen molar-refractivity contribution >= 4 is 34.1 Å². The molecule has 0 saturated carbocycles. The third-order valence-electron chi connectivity index (χ3n) is 16.8. The normalized spacial score (nSPS) is 14.6. The fraction of sp³-hybridized carbons (Fsp3) is 0.0270. The van der Waals surface area contributed by atoms with Crippen molar-refractivity contribution in [2.45, 2.75) is 11.8 Å². The second-order valence-electron chi connectivity index (χ2n) is 20.6. The van der Waals surface area contributed by atoms with E-state index < -0.39 is 5.41 Å². The molecule has 0 fully saturated rings. The fourth-order valence-electron chi connectivity index (χ4n) is 13.8. The first-order valence-electron chi connectivity index (χ1n) is 26.5. The molecule has 16 rings (SSSR count). The lowest BCUT2D eigenvalue weighted by Crippen LogP contribution is -2.29. The third kappa shape index (κ3) is 6.04. The maximum Gasteiger partial charge on any atom is 0.0781 e. The monoisotopic (exact) mass is 964 g/mol. The summed E-state index contributed by atoms with van der Waals surface area (Å²) in [5, 5.41) is 0. The Balaban J connectivity index is 1.03. The molecule has 76 heavy (non-hydrogen) atoms. The first-order chi connectivity index (χ1) is 37.7. The van der Waals surface area contributed by atoms with Gasteiger partial charge in [0.1, 0.15) is 0 Å². The molecule has 1 heterocycles. The molecule has 3 aliphatic carbocycles. The minimum absolute atomic E-state index is 0.691. The van der Waals surface area contributed by atoms with Gasteiger partial charge in [-0.3, -0.25) is 0 Å². The van der Waals surface area contributed by atoms with Crippen LogP contribution in [0.5, 0.6) is 0 Å². The Morgan fingerprint density at radius 2 is 0.829 bits per heavy atom. The summed E-state index contributed by atoms with van der Waals surface area (Å²) in [6, 6.07) is 105. The maximum absolute atomic E-state index is 2.57. The topological polar surface area (TPSA) is 6.48 Å². The van der Waals surface area contributed by atoms with Gasteiger partial charge in [0.15, 0.2) is 0 Å². The highest BCUT2D eigenvalue weighted by molar-refractivity contribution is 6.08. The van der Waals surface area contributed by atoms with Crippen molar-refractivity contribution < 1.29 is 0 Å². The van der Waals surface area contributed by atoms with E-state index in [2.05, 4.69) is 289 Å². The second-order valence-corrected chi connectivity index (χ2v) is 20.6. The van der Waals surface area contributed by atoms with Crippen LogP contribution in [-0.4, -0.2) is 0 Å². The van der Waals surface area contributed by atoms with Gasteiger partial charge in [0.2, 0.25) is 0 Å². The zero-order chi connectivity index (χ0) is 49.9. The third-order valence-corrected chi connectivity index (χ3v) is 16.8. The van der Waals surface area contributed by atoms with Crippen LogP contribution < -0.4 is 9.80 Å². The van der Waals surface area contributed by atoms with Crippen LogP contribution in [-0.2, 0) is 11.8 Å². The van der Waals surface area contributed by atoms with Crippen LogP contribution in [0.25, 0.3) is 77.9 Å². The molecule has 1 spiro atoms. The summed E-state index contributed by atoms with van der Waals surface area (Å²) in [5.74, 6) is 0. The molecule has 1 unspecified atom stereocenters. The summed E-state index contributed by atoms with van der Waals surface area (Å²) < 4.78 is 0. The van der Waals surface area contributed by atoms with Crippen LogP contribution in [0.2, 0.25) is 0 Å². The van der Waals surface area contributed by atoms with E-state index >= 15 is 0 Å². The lowest BCUT2D eigenvalue weighted by Gasteiger charge is -2.37. The Labute approximate surface area is 443 Å². The predicted molar refractivity (Wildman–Crippen MR) is 316 cm³/mol. The molecule has 12 aromatic carbocycles. The zero-order valence-electron chi connectivity index (χ0n) is 41.7. The Kier molecular flexibility index (Phi) is 9.35. The van der Waals surface area contributed by atoms with Crippen LogP contribution in [0.3, 0.4) is 0 Å². The number of rotatable bonds is 5. The molecule has 1 aliphatic heterocycles. The smallest absolute Gasteiger partial charge is 0.0781 e. The average Bonchev–Trinajstić information content (AvgIpc) is 4.18. The van der Waals surface area contributed by atoms with E-state index in [4.69, 9.17) is 0 Å². The van der Waals surface area contributed by atoms with Crippen LogP contribution in [0, 0.1) is 0 Å². The average molecular weight is 965 g/mol.